The molecule has 2 aromatic rings. The Bertz CT molecular complexity index is 954. The molecule has 1 saturated heterocycles. The second-order valence-electron chi connectivity index (χ2n) is 7.91. The Hall–Kier alpha value is -3.09. The monoisotopic (exact) mass is 397 g/mol. The van der Waals surface area contributed by atoms with Crippen molar-refractivity contribution in [1.29, 1.82) is 0 Å². The SMILES string of the molecule is COc1ccc2cc(CN(C)C(=O)CCCN3C(=O)NC(C)(C)C3=O)ccc2c1. The number of nitrogens with zero attached hydrogens (tertiary/aromatic N) is 2. The lowest BCUT2D eigenvalue weighted by Gasteiger charge is -2.19. The van der Waals surface area contributed by atoms with Crippen molar-refractivity contribution in [3.8, 4) is 5.75 Å². The van der Waals surface area contributed by atoms with Crippen molar-refractivity contribution < 1.29 is 19.1 Å². The van der Waals surface area contributed by atoms with E-state index in [1.54, 1.807) is 32.9 Å². The fourth-order valence-electron chi connectivity index (χ4n) is 3.46. The largest absolute Gasteiger partial charge is 0.497 e. The number of rotatable bonds is 7. The maximum atomic E-state index is 12.5. The molecule has 0 atom stereocenters. The summed E-state index contributed by atoms with van der Waals surface area (Å²) in [4.78, 5) is 39.4. The van der Waals surface area contributed by atoms with Crippen molar-refractivity contribution in [2.45, 2.75) is 38.8 Å². The molecule has 1 aliphatic rings. The van der Waals surface area contributed by atoms with Crippen LogP contribution < -0.4 is 10.1 Å². The molecule has 154 valence electrons. The van der Waals surface area contributed by atoms with Crippen LogP contribution in [-0.4, -0.2) is 53.9 Å². The Morgan fingerprint density at radius 2 is 1.83 bits per heavy atom. The second-order valence-corrected chi connectivity index (χ2v) is 7.91. The number of carbonyl (C=O) groups is 3. The predicted molar refractivity (Wildman–Crippen MR) is 111 cm³/mol. The molecule has 2 aromatic carbocycles. The van der Waals surface area contributed by atoms with Crippen molar-refractivity contribution >= 4 is 28.6 Å². The van der Waals surface area contributed by atoms with E-state index >= 15 is 0 Å². The van der Waals surface area contributed by atoms with Crippen LogP contribution in [-0.2, 0) is 16.1 Å². The van der Waals surface area contributed by atoms with E-state index in [9.17, 15) is 14.4 Å². The van der Waals surface area contributed by atoms with Gasteiger partial charge in [0.05, 0.1) is 7.11 Å². The van der Waals surface area contributed by atoms with E-state index < -0.39 is 11.6 Å². The lowest BCUT2D eigenvalue weighted by molar-refractivity contribution is -0.132. The number of methoxy groups -OCH3 is 1. The average molecular weight is 397 g/mol. The highest BCUT2D eigenvalue weighted by Gasteiger charge is 2.43. The third kappa shape index (κ3) is 4.50. The van der Waals surface area contributed by atoms with E-state index in [1.165, 1.54) is 4.90 Å². The molecular weight excluding hydrogens is 370 g/mol. The second kappa shape index (κ2) is 8.11. The number of imide groups is 1. The molecule has 29 heavy (non-hydrogen) atoms. The fraction of sp³-hybridized carbons (Fsp3) is 0.409. The number of ether oxygens (including phenoxy) is 1. The minimum Gasteiger partial charge on any atom is -0.497 e. The number of benzene rings is 2. The van der Waals surface area contributed by atoms with Crippen LogP contribution in [0.5, 0.6) is 5.75 Å². The normalized spacial score (nSPS) is 15.5. The maximum absolute atomic E-state index is 12.5. The summed E-state index contributed by atoms with van der Waals surface area (Å²) in [6.45, 7) is 4.08. The lowest BCUT2D eigenvalue weighted by Crippen LogP contribution is -2.40. The molecule has 0 bridgehead atoms. The van der Waals surface area contributed by atoms with Crippen LogP contribution in [0.4, 0.5) is 4.79 Å². The summed E-state index contributed by atoms with van der Waals surface area (Å²) in [6, 6.07) is 11.6. The number of fused-ring (bicyclic) bond motifs is 1. The summed E-state index contributed by atoms with van der Waals surface area (Å²) in [5.41, 5.74) is 0.159. The Labute approximate surface area is 170 Å². The first-order chi connectivity index (χ1) is 13.7. The van der Waals surface area contributed by atoms with Crippen molar-refractivity contribution in [2.75, 3.05) is 20.7 Å². The van der Waals surface area contributed by atoms with Crippen LogP contribution in [0.2, 0.25) is 0 Å². The zero-order valence-electron chi connectivity index (χ0n) is 17.3. The van der Waals surface area contributed by atoms with Crippen LogP contribution in [0.1, 0.15) is 32.3 Å². The van der Waals surface area contributed by atoms with Crippen LogP contribution in [0.15, 0.2) is 36.4 Å². The Morgan fingerprint density at radius 3 is 2.48 bits per heavy atom. The van der Waals surface area contributed by atoms with Gasteiger partial charge in [-0.1, -0.05) is 18.2 Å². The van der Waals surface area contributed by atoms with Gasteiger partial charge in [-0.15, -0.1) is 0 Å². The van der Waals surface area contributed by atoms with Crippen LogP contribution in [0.25, 0.3) is 10.8 Å². The van der Waals surface area contributed by atoms with Gasteiger partial charge < -0.3 is 15.0 Å². The first-order valence-electron chi connectivity index (χ1n) is 9.66. The van der Waals surface area contributed by atoms with E-state index in [4.69, 9.17) is 4.74 Å². The highest BCUT2D eigenvalue weighted by molar-refractivity contribution is 6.06. The Kier molecular flexibility index (Phi) is 5.77. The van der Waals surface area contributed by atoms with E-state index in [0.29, 0.717) is 13.0 Å². The van der Waals surface area contributed by atoms with Crippen LogP contribution in [0.3, 0.4) is 0 Å². The van der Waals surface area contributed by atoms with E-state index in [2.05, 4.69) is 11.4 Å². The molecule has 1 aliphatic heterocycles. The first kappa shape index (κ1) is 20.6. The smallest absolute Gasteiger partial charge is 0.325 e. The average Bonchev–Trinajstić information content (AvgIpc) is 2.88. The third-order valence-electron chi connectivity index (χ3n) is 5.17. The summed E-state index contributed by atoms with van der Waals surface area (Å²) >= 11 is 0. The predicted octanol–water partition coefficient (Wildman–Crippen LogP) is 2.92. The topological polar surface area (TPSA) is 79.0 Å². The van der Waals surface area contributed by atoms with E-state index in [-0.39, 0.29) is 24.8 Å². The minimum atomic E-state index is -0.877. The zero-order valence-corrected chi connectivity index (χ0v) is 17.3. The van der Waals surface area contributed by atoms with Gasteiger partial charge in [0.1, 0.15) is 11.3 Å². The molecule has 1 heterocycles. The lowest BCUT2D eigenvalue weighted by atomic mass is 10.1. The Balaban J connectivity index is 1.53. The van der Waals surface area contributed by atoms with Gasteiger partial charge in [0.25, 0.3) is 5.91 Å². The molecule has 0 aromatic heterocycles. The molecule has 1 fully saturated rings. The van der Waals surface area contributed by atoms with Crippen molar-refractivity contribution in [1.82, 2.24) is 15.1 Å². The highest BCUT2D eigenvalue weighted by atomic mass is 16.5. The van der Waals surface area contributed by atoms with Crippen molar-refractivity contribution in [3.63, 3.8) is 0 Å². The number of carbonyl (C=O) groups excluding carboxylic acids is 3. The Morgan fingerprint density at radius 1 is 1.14 bits per heavy atom. The molecule has 0 spiro atoms. The van der Waals surface area contributed by atoms with Gasteiger partial charge in [0, 0.05) is 26.6 Å². The maximum Gasteiger partial charge on any atom is 0.325 e. The summed E-state index contributed by atoms with van der Waals surface area (Å²) in [7, 11) is 3.40. The number of urea groups is 1. The number of nitrogens with one attached hydrogen (secondary N) is 1. The number of amides is 4. The molecule has 0 unspecified atom stereocenters. The number of hydrogen-bond acceptors (Lipinski definition) is 4. The van der Waals surface area contributed by atoms with E-state index in [0.717, 1.165) is 22.1 Å². The first-order valence-corrected chi connectivity index (χ1v) is 9.66. The van der Waals surface area contributed by atoms with Crippen molar-refractivity contribution in [2.24, 2.45) is 0 Å². The molecule has 0 saturated carbocycles. The summed E-state index contributed by atoms with van der Waals surface area (Å²) in [5.74, 6) is 0.535. The molecule has 7 heteroatoms. The van der Waals surface area contributed by atoms with Gasteiger partial charge >= 0.3 is 6.03 Å². The summed E-state index contributed by atoms with van der Waals surface area (Å²) in [6.07, 6.45) is 0.717. The summed E-state index contributed by atoms with van der Waals surface area (Å²) in [5, 5.41) is 4.81. The molecule has 0 radical (unpaired) electrons. The molecular formula is C22H27N3O4. The molecule has 4 amide bonds. The quantitative estimate of drug-likeness (QED) is 0.729. The summed E-state index contributed by atoms with van der Waals surface area (Å²) < 4.78 is 5.25. The van der Waals surface area contributed by atoms with Gasteiger partial charge in [0.2, 0.25) is 5.91 Å². The van der Waals surface area contributed by atoms with Gasteiger partial charge in [-0.2, -0.15) is 0 Å². The third-order valence-corrected chi connectivity index (χ3v) is 5.17. The fourth-order valence-corrected chi connectivity index (χ4v) is 3.46. The molecule has 0 aliphatic carbocycles. The number of hydrogen-bond donors (Lipinski definition) is 1. The van der Waals surface area contributed by atoms with Crippen molar-refractivity contribution in [3.05, 3.63) is 42.0 Å². The van der Waals surface area contributed by atoms with Gasteiger partial charge in [-0.25, -0.2) is 4.79 Å². The van der Waals surface area contributed by atoms with Crippen LogP contribution in [0, 0.1) is 0 Å². The van der Waals surface area contributed by atoms with Crippen LogP contribution >= 0.6 is 0 Å². The molecule has 7 nitrogen and oxygen atoms in total. The van der Waals surface area contributed by atoms with Gasteiger partial charge in [-0.05, 0) is 54.8 Å². The minimum absolute atomic E-state index is 0.0221. The van der Waals surface area contributed by atoms with E-state index in [1.807, 2.05) is 30.3 Å². The van der Waals surface area contributed by atoms with Gasteiger partial charge in [0.15, 0.2) is 0 Å². The molecule has 1 N–H and O–H groups in total. The zero-order chi connectivity index (χ0) is 21.2. The molecule has 3 rings (SSSR count). The highest BCUT2D eigenvalue weighted by Crippen LogP contribution is 2.22. The standard InChI is InChI=1S/C22H27N3O4/c1-22(2)20(27)25(21(28)23-22)11-5-6-19(26)24(3)14-15-7-8-17-13-18(29-4)10-9-16(17)12-15/h7-10,12-13H,5-6,11,14H2,1-4H3,(H,23,28). The van der Waals surface area contributed by atoms with Gasteiger partial charge in [-0.3, -0.25) is 14.5 Å².